The molecule has 0 aromatic rings. The lowest BCUT2D eigenvalue weighted by atomic mass is 10.0. The largest absolute Gasteiger partial charge is 0.481 e. The van der Waals surface area contributed by atoms with Gasteiger partial charge in [0.05, 0.1) is 0 Å². The van der Waals surface area contributed by atoms with E-state index in [1.807, 2.05) is 6.92 Å². The molecule has 0 fully saturated rings. The van der Waals surface area contributed by atoms with Crippen LogP contribution in [0.3, 0.4) is 0 Å². The average Bonchev–Trinajstić information content (AvgIpc) is 1.85. The summed E-state index contributed by atoms with van der Waals surface area (Å²) in [5.74, 6) is 2.09. The molecule has 0 radical (unpaired) electrons. The van der Waals surface area contributed by atoms with Gasteiger partial charge in [0.1, 0.15) is 0 Å². The molecular weight excluding hydrogens is 128 g/mol. The number of carbonyl (C=O) groups is 1. The van der Waals surface area contributed by atoms with Gasteiger partial charge in [0.2, 0.25) is 0 Å². The molecule has 0 aliphatic rings. The van der Waals surface area contributed by atoms with Crippen LogP contribution in [-0.4, -0.2) is 11.1 Å². The molecule has 0 rings (SSSR count). The van der Waals surface area contributed by atoms with E-state index in [-0.39, 0.29) is 6.42 Å². The molecule has 0 aromatic carbocycles. The molecule has 0 saturated carbocycles. The Bertz CT molecular complexity index is 144. The van der Waals surface area contributed by atoms with Gasteiger partial charge >= 0.3 is 5.97 Å². The summed E-state index contributed by atoms with van der Waals surface area (Å²) >= 11 is 0. The molecule has 0 aliphatic carbocycles. The highest BCUT2D eigenvalue weighted by Gasteiger charge is 2.02. The molecule has 1 atom stereocenters. The second-order valence-electron chi connectivity index (χ2n) is 2.45. The summed E-state index contributed by atoms with van der Waals surface area (Å²) in [5, 5.41) is 8.28. The fourth-order valence-electron chi connectivity index (χ4n) is 0.673. The van der Waals surface area contributed by atoms with E-state index < -0.39 is 5.97 Å². The van der Waals surface area contributed by atoms with Gasteiger partial charge in [0.15, 0.2) is 0 Å². The van der Waals surface area contributed by atoms with Gasteiger partial charge in [-0.15, -0.1) is 12.3 Å². The number of hydrogen-bond donors (Lipinski definition) is 1. The lowest BCUT2D eigenvalue weighted by Gasteiger charge is -2.02. The first-order chi connectivity index (χ1) is 4.66. The molecule has 56 valence electrons. The van der Waals surface area contributed by atoms with Crippen molar-refractivity contribution in [3.8, 4) is 12.3 Å². The molecule has 0 aromatic heterocycles. The van der Waals surface area contributed by atoms with Crippen molar-refractivity contribution in [3.63, 3.8) is 0 Å². The van der Waals surface area contributed by atoms with Crippen LogP contribution >= 0.6 is 0 Å². The van der Waals surface area contributed by atoms with Gasteiger partial charge in [-0.3, -0.25) is 4.79 Å². The van der Waals surface area contributed by atoms with Crippen LogP contribution in [0.5, 0.6) is 0 Å². The van der Waals surface area contributed by atoms with Crippen molar-refractivity contribution in [2.24, 2.45) is 5.92 Å². The molecule has 2 nitrogen and oxygen atoms in total. The van der Waals surface area contributed by atoms with Crippen molar-refractivity contribution in [2.45, 2.75) is 26.2 Å². The zero-order valence-electron chi connectivity index (χ0n) is 6.13. The molecular formula is C8H12O2. The summed E-state index contributed by atoms with van der Waals surface area (Å²) in [6.07, 6.45) is 6.62. The van der Waals surface area contributed by atoms with Crippen molar-refractivity contribution < 1.29 is 9.90 Å². The first-order valence-electron chi connectivity index (χ1n) is 3.32. The van der Waals surface area contributed by atoms with Gasteiger partial charge in [0.25, 0.3) is 0 Å². The molecule has 0 spiro atoms. The van der Waals surface area contributed by atoms with Gasteiger partial charge in [-0.2, -0.15) is 0 Å². The molecule has 0 aliphatic heterocycles. The lowest BCUT2D eigenvalue weighted by Crippen LogP contribution is -1.99. The number of carboxylic acid groups (broad SMARTS) is 1. The monoisotopic (exact) mass is 140 g/mol. The molecule has 10 heavy (non-hydrogen) atoms. The van der Waals surface area contributed by atoms with E-state index in [9.17, 15) is 4.79 Å². The first kappa shape index (κ1) is 9.03. The zero-order chi connectivity index (χ0) is 7.98. The molecule has 0 unspecified atom stereocenters. The van der Waals surface area contributed by atoms with Gasteiger partial charge in [-0.25, -0.2) is 0 Å². The van der Waals surface area contributed by atoms with Gasteiger partial charge < -0.3 is 5.11 Å². The molecule has 0 amide bonds. The third-order valence-corrected chi connectivity index (χ3v) is 1.32. The van der Waals surface area contributed by atoms with Crippen molar-refractivity contribution >= 4 is 5.97 Å². The highest BCUT2D eigenvalue weighted by molar-refractivity contribution is 5.66. The Morgan fingerprint density at radius 2 is 2.40 bits per heavy atom. The highest BCUT2D eigenvalue weighted by Crippen LogP contribution is 2.08. The van der Waals surface area contributed by atoms with Crippen LogP contribution in [-0.2, 0) is 4.79 Å². The van der Waals surface area contributed by atoms with E-state index in [0.29, 0.717) is 18.8 Å². The minimum absolute atomic E-state index is 0.225. The topological polar surface area (TPSA) is 37.3 Å². The Morgan fingerprint density at radius 3 is 2.80 bits per heavy atom. The third-order valence-electron chi connectivity index (χ3n) is 1.32. The summed E-state index contributed by atoms with van der Waals surface area (Å²) in [6.45, 7) is 1.96. The van der Waals surface area contributed by atoms with Gasteiger partial charge in [0, 0.05) is 12.8 Å². The molecule has 2 heteroatoms. The third kappa shape index (κ3) is 5.17. The Labute approximate surface area is 61.2 Å². The fourth-order valence-corrected chi connectivity index (χ4v) is 0.673. The fraction of sp³-hybridized carbons (Fsp3) is 0.625. The lowest BCUT2D eigenvalue weighted by molar-refractivity contribution is -0.137. The number of terminal acetylenes is 1. The van der Waals surface area contributed by atoms with Crippen LogP contribution in [0.25, 0.3) is 0 Å². The summed E-state index contributed by atoms with van der Waals surface area (Å²) in [5.41, 5.74) is 0. The Balaban J connectivity index is 3.32. The maximum absolute atomic E-state index is 10.1. The van der Waals surface area contributed by atoms with Crippen molar-refractivity contribution in [1.82, 2.24) is 0 Å². The van der Waals surface area contributed by atoms with Crippen molar-refractivity contribution in [3.05, 3.63) is 0 Å². The molecule has 0 saturated heterocycles. The van der Waals surface area contributed by atoms with Crippen LogP contribution in [0.4, 0.5) is 0 Å². The minimum atomic E-state index is -0.746. The Kier molecular flexibility index (Phi) is 4.39. The summed E-state index contributed by atoms with van der Waals surface area (Å²) in [6, 6.07) is 0. The van der Waals surface area contributed by atoms with Crippen LogP contribution in [0.15, 0.2) is 0 Å². The van der Waals surface area contributed by atoms with Gasteiger partial charge in [-0.05, 0) is 12.3 Å². The van der Waals surface area contributed by atoms with E-state index in [0.717, 1.165) is 0 Å². The second kappa shape index (κ2) is 4.87. The van der Waals surface area contributed by atoms with Gasteiger partial charge in [-0.1, -0.05) is 6.92 Å². The van der Waals surface area contributed by atoms with E-state index in [4.69, 9.17) is 11.5 Å². The number of hydrogen-bond acceptors (Lipinski definition) is 1. The SMILES string of the molecule is C#CC[C@@H](C)CCC(=O)O. The average molecular weight is 140 g/mol. The molecule has 1 N–H and O–H groups in total. The van der Waals surface area contributed by atoms with Crippen LogP contribution in [0.2, 0.25) is 0 Å². The highest BCUT2D eigenvalue weighted by atomic mass is 16.4. The second-order valence-corrected chi connectivity index (χ2v) is 2.45. The molecule has 0 bridgehead atoms. The predicted octanol–water partition coefficient (Wildman–Crippen LogP) is 1.51. The first-order valence-corrected chi connectivity index (χ1v) is 3.32. The van der Waals surface area contributed by atoms with E-state index in [2.05, 4.69) is 5.92 Å². The summed E-state index contributed by atoms with van der Waals surface area (Å²) < 4.78 is 0. The van der Waals surface area contributed by atoms with E-state index in [1.54, 1.807) is 0 Å². The standard InChI is InChI=1S/C8H12O2/c1-3-4-7(2)5-6-8(9)10/h1,7H,4-6H2,2H3,(H,9,10)/t7-/m1/s1. The van der Waals surface area contributed by atoms with Crippen LogP contribution in [0, 0.1) is 18.3 Å². The summed E-state index contributed by atoms with van der Waals surface area (Å²) in [7, 11) is 0. The smallest absolute Gasteiger partial charge is 0.303 e. The zero-order valence-corrected chi connectivity index (χ0v) is 6.13. The van der Waals surface area contributed by atoms with E-state index >= 15 is 0 Å². The number of aliphatic carboxylic acids is 1. The minimum Gasteiger partial charge on any atom is -0.481 e. The molecule has 0 heterocycles. The van der Waals surface area contributed by atoms with Crippen molar-refractivity contribution in [2.75, 3.05) is 0 Å². The normalized spacial score (nSPS) is 12.0. The van der Waals surface area contributed by atoms with E-state index in [1.165, 1.54) is 0 Å². The maximum Gasteiger partial charge on any atom is 0.303 e. The number of carboxylic acids is 1. The Morgan fingerprint density at radius 1 is 1.80 bits per heavy atom. The number of rotatable bonds is 4. The van der Waals surface area contributed by atoms with Crippen LogP contribution in [0.1, 0.15) is 26.2 Å². The quantitative estimate of drug-likeness (QED) is 0.601. The predicted molar refractivity (Wildman–Crippen MR) is 39.5 cm³/mol. The van der Waals surface area contributed by atoms with Crippen molar-refractivity contribution in [1.29, 1.82) is 0 Å². The van der Waals surface area contributed by atoms with Crippen LogP contribution < -0.4 is 0 Å². The summed E-state index contributed by atoms with van der Waals surface area (Å²) in [4.78, 5) is 10.1. The maximum atomic E-state index is 10.1. The Hall–Kier alpha value is -0.970.